The summed E-state index contributed by atoms with van der Waals surface area (Å²) in [6.45, 7) is 2.19. The average molecular weight is 436 g/mol. The Balaban J connectivity index is 1.71. The van der Waals surface area contributed by atoms with Gasteiger partial charge in [-0.05, 0) is 37.2 Å². The summed E-state index contributed by atoms with van der Waals surface area (Å²) in [5.41, 5.74) is 0.0204. The Morgan fingerprint density at radius 3 is 2.43 bits per heavy atom. The predicted molar refractivity (Wildman–Crippen MR) is 106 cm³/mol. The first-order valence-corrected chi connectivity index (χ1v) is 10.9. The van der Waals surface area contributed by atoms with Gasteiger partial charge in [-0.25, -0.2) is 18.0 Å². The first-order chi connectivity index (χ1) is 14.4. The summed E-state index contributed by atoms with van der Waals surface area (Å²) in [7, 11) is -1.35. The number of esters is 2. The van der Waals surface area contributed by atoms with Crippen LogP contribution >= 0.6 is 0 Å². The van der Waals surface area contributed by atoms with E-state index in [1.54, 1.807) is 24.3 Å². The van der Waals surface area contributed by atoms with Crippen LogP contribution < -0.4 is 0 Å². The van der Waals surface area contributed by atoms with Crippen molar-refractivity contribution in [1.82, 2.24) is 9.21 Å². The van der Waals surface area contributed by atoms with E-state index in [4.69, 9.17) is 9.15 Å². The Morgan fingerprint density at radius 1 is 0.967 bits per heavy atom. The minimum atomic E-state index is -3.86. The molecule has 0 amide bonds. The number of benzene rings is 1. The molecule has 9 nitrogen and oxygen atoms in total. The van der Waals surface area contributed by atoms with Gasteiger partial charge in [0, 0.05) is 19.6 Å². The van der Waals surface area contributed by atoms with Crippen LogP contribution in [-0.2, 0) is 26.0 Å². The number of furan rings is 1. The van der Waals surface area contributed by atoms with Crippen LogP contribution in [0.5, 0.6) is 0 Å². The predicted octanol–water partition coefficient (Wildman–Crippen LogP) is 1.75. The molecular weight excluding hydrogens is 412 g/mol. The average Bonchev–Trinajstić information content (AvgIpc) is 3.09. The second-order valence-electron chi connectivity index (χ2n) is 6.78. The molecule has 0 unspecified atom stereocenters. The van der Waals surface area contributed by atoms with E-state index in [-0.39, 0.29) is 22.8 Å². The van der Waals surface area contributed by atoms with E-state index in [1.165, 1.54) is 30.7 Å². The number of rotatable bonds is 6. The summed E-state index contributed by atoms with van der Waals surface area (Å²) in [4.78, 5) is 25.5. The highest BCUT2D eigenvalue weighted by atomic mass is 32.2. The van der Waals surface area contributed by atoms with Crippen LogP contribution in [0.15, 0.2) is 45.7 Å². The van der Waals surface area contributed by atoms with Gasteiger partial charge in [-0.1, -0.05) is 12.1 Å². The summed E-state index contributed by atoms with van der Waals surface area (Å²) < 4.78 is 42.6. The molecule has 0 N–H and O–H groups in total. The molecule has 10 heteroatoms. The maximum Gasteiger partial charge on any atom is 0.373 e. The molecule has 0 spiro atoms. The zero-order chi connectivity index (χ0) is 21.7. The van der Waals surface area contributed by atoms with Crippen LogP contribution in [0.2, 0.25) is 0 Å². The Labute approximate surface area is 175 Å². The largest absolute Gasteiger partial charge is 0.465 e. The molecular formula is C20H24N2O7S. The first-order valence-electron chi connectivity index (χ1n) is 9.43. The van der Waals surface area contributed by atoms with E-state index in [1.807, 2.05) is 0 Å². The molecule has 0 atom stereocenters. The van der Waals surface area contributed by atoms with Crippen LogP contribution in [0.1, 0.15) is 33.1 Å². The number of carbonyl (C=O) groups is 2. The third-order valence-corrected chi connectivity index (χ3v) is 6.84. The van der Waals surface area contributed by atoms with E-state index >= 15 is 0 Å². The molecule has 0 radical (unpaired) electrons. The van der Waals surface area contributed by atoms with Gasteiger partial charge in [0.25, 0.3) is 0 Å². The lowest BCUT2D eigenvalue weighted by molar-refractivity contribution is 0.0559. The monoisotopic (exact) mass is 436 g/mol. The number of methoxy groups -OCH3 is 2. The quantitative estimate of drug-likeness (QED) is 0.631. The number of carbonyl (C=O) groups excluding carboxylic acids is 2. The van der Waals surface area contributed by atoms with Crippen molar-refractivity contribution >= 4 is 22.0 Å². The number of hydrogen-bond donors (Lipinski definition) is 0. The van der Waals surface area contributed by atoms with Gasteiger partial charge in [0.15, 0.2) is 0 Å². The minimum absolute atomic E-state index is 0.0204. The Bertz CT molecular complexity index is 1020. The smallest absolute Gasteiger partial charge is 0.373 e. The molecule has 3 rings (SSSR count). The molecule has 0 saturated carbocycles. The zero-order valence-electron chi connectivity index (χ0n) is 16.9. The second-order valence-corrected chi connectivity index (χ2v) is 8.69. The molecule has 0 aliphatic carbocycles. The van der Waals surface area contributed by atoms with E-state index in [0.29, 0.717) is 38.4 Å². The Kier molecular flexibility index (Phi) is 6.91. The van der Waals surface area contributed by atoms with E-state index in [2.05, 4.69) is 9.64 Å². The molecule has 1 aliphatic rings. The SMILES string of the molecule is COC(=O)c1ccc(CN2CCCN(S(=O)(=O)c3ccccc3C(=O)OC)CC2)o1. The summed E-state index contributed by atoms with van der Waals surface area (Å²) in [5, 5.41) is 0. The van der Waals surface area contributed by atoms with Gasteiger partial charge in [0.2, 0.25) is 15.8 Å². The van der Waals surface area contributed by atoms with Crippen LogP contribution in [0.25, 0.3) is 0 Å². The molecule has 2 heterocycles. The second kappa shape index (κ2) is 9.41. The molecule has 1 aromatic carbocycles. The summed E-state index contributed by atoms with van der Waals surface area (Å²) in [5.74, 6) is -0.503. The zero-order valence-corrected chi connectivity index (χ0v) is 17.7. The van der Waals surface area contributed by atoms with Crippen LogP contribution in [0, 0.1) is 0 Å². The summed E-state index contributed by atoms with van der Waals surface area (Å²) in [6, 6.07) is 9.30. The molecule has 2 aromatic rings. The summed E-state index contributed by atoms with van der Waals surface area (Å²) >= 11 is 0. The van der Waals surface area contributed by atoms with E-state index in [0.717, 1.165) is 0 Å². The summed E-state index contributed by atoms with van der Waals surface area (Å²) in [6.07, 6.45) is 0.615. The van der Waals surface area contributed by atoms with Gasteiger partial charge in [-0.2, -0.15) is 4.31 Å². The molecule has 1 saturated heterocycles. The van der Waals surface area contributed by atoms with Crippen molar-refractivity contribution in [2.45, 2.75) is 17.9 Å². The number of ether oxygens (including phenoxy) is 2. The molecule has 0 bridgehead atoms. The van der Waals surface area contributed by atoms with Crippen molar-refractivity contribution in [2.75, 3.05) is 40.4 Å². The highest BCUT2D eigenvalue weighted by Gasteiger charge is 2.30. The van der Waals surface area contributed by atoms with Crippen molar-refractivity contribution in [1.29, 1.82) is 0 Å². The van der Waals surface area contributed by atoms with Crippen LogP contribution in [0.4, 0.5) is 0 Å². The maximum atomic E-state index is 13.2. The third-order valence-electron chi connectivity index (χ3n) is 4.89. The van der Waals surface area contributed by atoms with Crippen molar-refractivity contribution in [3.63, 3.8) is 0 Å². The van der Waals surface area contributed by atoms with Crippen molar-refractivity contribution < 1.29 is 31.9 Å². The van der Waals surface area contributed by atoms with Gasteiger partial charge in [-0.15, -0.1) is 0 Å². The highest BCUT2D eigenvalue weighted by molar-refractivity contribution is 7.89. The van der Waals surface area contributed by atoms with Crippen molar-refractivity contribution in [3.8, 4) is 0 Å². The lowest BCUT2D eigenvalue weighted by atomic mass is 10.2. The maximum absolute atomic E-state index is 13.2. The van der Waals surface area contributed by atoms with E-state index < -0.39 is 22.0 Å². The molecule has 1 fully saturated rings. The molecule has 30 heavy (non-hydrogen) atoms. The highest BCUT2D eigenvalue weighted by Crippen LogP contribution is 2.23. The van der Waals surface area contributed by atoms with Gasteiger partial charge in [-0.3, -0.25) is 4.90 Å². The lowest BCUT2D eigenvalue weighted by Gasteiger charge is -2.22. The normalized spacial score (nSPS) is 16.1. The Hall–Kier alpha value is -2.69. The standard InChI is InChI=1S/C20H24N2O7S/c1-27-19(23)16-6-3-4-7-18(16)30(25,26)22-11-5-10-21(12-13-22)14-15-8-9-17(29-15)20(24)28-2/h3-4,6-9H,5,10-14H2,1-2H3. The molecule has 1 aliphatic heterocycles. The number of nitrogens with zero attached hydrogens (tertiary/aromatic N) is 2. The molecule has 1 aromatic heterocycles. The fourth-order valence-corrected chi connectivity index (χ4v) is 5.00. The fraction of sp³-hybridized carbons (Fsp3) is 0.400. The number of hydrogen-bond acceptors (Lipinski definition) is 8. The van der Waals surface area contributed by atoms with Crippen LogP contribution in [0.3, 0.4) is 0 Å². The van der Waals surface area contributed by atoms with Gasteiger partial charge in [0.1, 0.15) is 5.76 Å². The van der Waals surface area contributed by atoms with Crippen molar-refractivity contribution in [2.24, 2.45) is 0 Å². The van der Waals surface area contributed by atoms with Crippen LogP contribution in [-0.4, -0.2) is 70.0 Å². The minimum Gasteiger partial charge on any atom is -0.465 e. The van der Waals surface area contributed by atoms with Gasteiger partial charge in [0.05, 0.1) is 31.2 Å². The van der Waals surface area contributed by atoms with Gasteiger partial charge >= 0.3 is 11.9 Å². The van der Waals surface area contributed by atoms with Gasteiger partial charge < -0.3 is 13.9 Å². The lowest BCUT2D eigenvalue weighted by Crippen LogP contribution is -2.35. The molecule has 162 valence electrons. The first kappa shape index (κ1) is 22.0. The third kappa shape index (κ3) is 4.72. The Morgan fingerprint density at radius 2 is 1.70 bits per heavy atom. The van der Waals surface area contributed by atoms with Crippen molar-refractivity contribution in [3.05, 3.63) is 53.5 Å². The van der Waals surface area contributed by atoms with E-state index in [9.17, 15) is 18.0 Å². The fourth-order valence-electron chi connectivity index (χ4n) is 3.35. The topological polar surface area (TPSA) is 106 Å². The number of sulfonamides is 1.